The fraction of sp³-hybridized carbons (Fsp3) is 0.263. The minimum absolute atomic E-state index is 1.01. The lowest BCUT2D eigenvalue weighted by molar-refractivity contribution is 0.661. The number of fused-ring (bicyclic) bond motifs is 5. The van der Waals surface area contributed by atoms with Crippen molar-refractivity contribution in [2.45, 2.75) is 33.6 Å². The molecule has 0 aliphatic heterocycles. The van der Waals surface area contributed by atoms with Crippen molar-refractivity contribution < 1.29 is 4.42 Å². The third-order valence-electron chi connectivity index (χ3n) is 3.79. The van der Waals surface area contributed by atoms with Crippen molar-refractivity contribution in [3.8, 4) is 0 Å². The molecule has 0 N–H and O–H groups in total. The molecule has 1 aliphatic rings. The predicted molar refractivity (Wildman–Crippen MR) is 87.2 cm³/mol. The summed E-state index contributed by atoms with van der Waals surface area (Å²) in [6.45, 7) is 6.10. The van der Waals surface area contributed by atoms with E-state index in [1.807, 2.05) is 13.8 Å². The van der Waals surface area contributed by atoms with Crippen molar-refractivity contribution in [2.24, 2.45) is 0 Å². The summed E-state index contributed by atoms with van der Waals surface area (Å²) in [5, 5.41) is 2.48. The molecule has 3 aromatic rings. The molecule has 2 aromatic carbocycles. The van der Waals surface area contributed by atoms with Gasteiger partial charge >= 0.3 is 0 Å². The van der Waals surface area contributed by atoms with Gasteiger partial charge in [0, 0.05) is 16.3 Å². The second-order valence-corrected chi connectivity index (χ2v) is 5.05. The zero-order valence-corrected chi connectivity index (χ0v) is 12.4. The Balaban J connectivity index is 0.000000581. The number of furan rings is 1. The van der Waals surface area contributed by atoms with Gasteiger partial charge in [0.1, 0.15) is 11.2 Å². The average molecular weight is 264 g/mol. The fourth-order valence-corrected chi connectivity index (χ4v) is 2.87. The first kappa shape index (κ1) is 13.0. The van der Waals surface area contributed by atoms with Crippen molar-refractivity contribution in [3.63, 3.8) is 0 Å². The van der Waals surface area contributed by atoms with Crippen molar-refractivity contribution >= 4 is 28.0 Å². The van der Waals surface area contributed by atoms with Crippen LogP contribution in [-0.2, 0) is 6.42 Å². The molecular weight excluding hydrogens is 244 g/mol. The second-order valence-electron chi connectivity index (χ2n) is 5.05. The summed E-state index contributed by atoms with van der Waals surface area (Å²) in [7, 11) is 0. The van der Waals surface area contributed by atoms with E-state index < -0.39 is 0 Å². The highest BCUT2D eigenvalue weighted by Gasteiger charge is 2.14. The Morgan fingerprint density at radius 1 is 1.00 bits per heavy atom. The van der Waals surface area contributed by atoms with Gasteiger partial charge in [-0.3, -0.25) is 0 Å². The maximum Gasteiger partial charge on any atom is 0.139 e. The van der Waals surface area contributed by atoms with Crippen molar-refractivity contribution in [3.05, 3.63) is 53.1 Å². The van der Waals surface area contributed by atoms with Crippen LogP contribution in [0.3, 0.4) is 0 Å². The van der Waals surface area contributed by atoms with Gasteiger partial charge < -0.3 is 4.42 Å². The number of benzene rings is 2. The van der Waals surface area contributed by atoms with E-state index in [0.29, 0.717) is 0 Å². The Morgan fingerprint density at radius 2 is 1.80 bits per heavy atom. The lowest BCUT2D eigenvalue weighted by Crippen LogP contribution is -1.93. The molecule has 1 aliphatic carbocycles. The van der Waals surface area contributed by atoms with Crippen LogP contribution in [0.25, 0.3) is 28.0 Å². The Kier molecular flexibility index (Phi) is 3.35. The molecule has 1 aromatic heterocycles. The van der Waals surface area contributed by atoms with Crippen molar-refractivity contribution in [1.29, 1.82) is 0 Å². The van der Waals surface area contributed by atoms with Crippen LogP contribution < -0.4 is 0 Å². The summed E-state index contributed by atoms with van der Waals surface area (Å²) in [5.41, 5.74) is 6.01. The lowest BCUT2D eigenvalue weighted by atomic mass is 9.95. The molecule has 0 spiro atoms. The van der Waals surface area contributed by atoms with E-state index in [4.69, 9.17) is 4.42 Å². The maximum atomic E-state index is 6.10. The highest BCUT2D eigenvalue weighted by molar-refractivity contribution is 6.06. The van der Waals surface area contributed by atoms with Crippen molar-refractivity contribution in [2.75, 3.05) is 0 Å². The molecule has 0 saturated carbocycles. The van der Waals surface area contributed by atoms with Gasteiger partial charge in [-0.2, -0.15) is 0 Å². The Labute approximate surface area is 119 Å². The van der Waals surface area contributed by atoms with E-state index in [-0.39, 0.29) is 0 Å². The van der Waals surface area contributed by atoms with E-state index in [9.17, 15) is 0 Å². The van der Waals surface area contributed by atoms with Crippen LogP contribution in [0, 0.1) is 6.92 Å². The summed E-state index contributed by atoms with van der Waals surface area (Å²) < 4.78 is 6.10. The van der Waals surface area contributed by atoms with E-state index in [1.54, 1.807) is 0 Å². The van der Waals surface area contributed by atoms with Gasteiger partial charge in [0.25, 0.3) is 0 Å². The highest BCUT2D eigenvalue weighted by atomic mass is 16.3. The summed E-state index contributed by atoms with van der Waals surface area (Å²) in [6, 6.07) is 10.8. The SMILES string of the molecule is CC.Cc1ccc2c(c1)oc1c3c(ccc12)C=CCC3. The average Bonchev–Trinajstić information content (AvgIpc) is 2.87. The minimum atomic E-state index is 1.01. The summed E-state index contributed by atoms with van der Waals surface area (Å²) in [4.78, 5) is 0. The van der Waals surface area contributed by atoms with Gasteiger partial charge in [0.05, 0.1) is 0 Å². The van der Waals surface area contributed by atoms with Crippen molar-refractivity contribution in [1.82, 2.24) is 0 Å². The topological polar surface area (TPSA) is 13.1 Å². The smallest absolute Gasteiger partial charge is 0.139 e. The van der Waals surface area contributed by atoms with Crippen LogP contribution in [-0.4, -0.2) is 0 Å². The predicted octanol–water partition coefficient (Wildman–Crippen LogP) is 5.88. The molecule has 1 heteroatoms. The molecule has 0 fully saturated rings. The van der Waals surface area contributed by atoms with Gasteiger partial charge in [-0.05, 0) is 43.0 Å². The van der Waals surface area contributed by atoms with Crippen LogP contribution in [0.1, 0.15) is 37.0 Å². The Hall–Kier alpha value is -2.02. The maximum absolute atomic E-state index is 6.10. The zero-order chi connectivity index (χ0) is 14.1. The van der Waals surface area contributed by atoms with Crippen LogP contribution in [0.5, 0.6) is 0 Å². The first-order valence-corrected chi connectivity index (χ1v) is 7.44. The Bertz CT molecular complexity index is 790. The largest absolute Gasteiger partial charge is 0.456 e. The van der Waals surface area contributed by atoms with Gasteiger partial charge in [-0.1, -0.05) is 44.2 Å². The third kappa shape index (κ3) is 1.94. The normalized spacial score (nSPS) is 13.2. The van der Waals surface area contributed by atoms with Gasteiger partial charge in [-0.15, -0.1) is 0 Å². The van der Waals surface area contributed by atoms with Crippen LogP contribution in [0.15, 0.2) is 40.8 Å². The van der Waals surface area contributed by atoms with Crippen LogP contribution in [0.2, 0.25) is 0 Å². The number of allylic oxidation sites excluding steroid dienone is 1. The molecule has 0 atom stereocenters. The van der Waals surface area contributed by atoms with Gasteiger partial charge in [0.2, 0.25) is 0 Å². The molecule has 0 amide bonds. The summed E-state index contributed by atoms with van der Waals surface area (Å²) in [5.74, 6) is 0. The quantitative estimate of drug-likeness (QED) is 0.494. The van der Waals surface area contributed by atoms with Gasteiger partial charge in [-0.25, -0.2) is 0 Å². The molecule has 1 nitrogen and oxygen atoms in total. The Morgan fingerprint density at radius 3 is 2.65 bits per heavy atom. The number of hydrogen-bond acceptors (Lipinski definition) is 1. The minimum Gasteiger partial charge on any atom is -0.456 e. The first-order chi connectivity index (χ1) is 9.83. The number of rotatable bonds is 0. The third-order valence-corrected chi connectivity index (χ3v) is 3.79. The molecule has 0 radical (unpaired) electrons. The monoisotopic (exact) mass is 264 g/mol. The summed E-state index contributed by atoms with van der Waals surface area (Å²) >= 11 is 0. The van der Waals surface area contributed by atoms with E-state index in [1.165, 1.54) is 27.5 Å². The molecular formula is C19H20O. The summed E-state index contributed by atoms with van der Waals surface area (Å²) in [6.07, 6.45) is 6.64. The molecule has 0 saturated heterocycles. The standard InChI is InChI=1S/C17H14O.C2H6/c1-11-6-8-14-15-9-7-12-4-2-3-5-13(12)17(15)18-16(14)10-11;1-2/h2,4,6-10H,3,5H2,1H3;1-2H3. The second kappa shape index (κ2) is 5.16. The fourth-order valence-electron chi connectivity index (χ4n) is 2.87. The van der Waals surface area contributed by atoms with Gasteiger partial charge in [0.15, 0.2) is 0 Å². The molecule has 4 rings (SSSR count). The van der Waals surface area contributed by atoms with E-state index in [2.05, 4.69) is 49.4 Å². The first-order valence-electron chi connectivity index (χ1n) is 7.44. The van der Waals surface area contributed by atoms with E-state index >= 15 is 0 Å². The molecule has 0 bridgehead atoms. The zero-order valence-electron chi connectivity index (χ0n) is 12.4. The molecule has 20 heavy (non-hydrogen) atoms. The molecule has 0 unspecified atom stereocenters. The highest BCUT2D eigenvalue weighted by Crippen LogP contribution is 2.35. The number of hydrogen-bond donors (Lipinski definition) is 0. The lowest BCUT2D eigenvalue weighted by Gasteiger charge is -2.09. The molecule has 102 valence electrons. The van der Waals surface area contributed by atoms with Crippen LogP contribution >= 0.6 is 0 Å². The number of aryl methyl sites for hydroxylation is 2. The van der Waals surface area contributed by atoms with E-state index in [0.717, 1.165) is 24.0 Å². The van der Waals surface area contributed by atoms with Crippen LogP contribution in [0.4, 0.5) is 0 Å². The molecule has 1 heterocycles.